The van der Waals surface area contributed by atoms with Gasteiger partial charge in [-0.1, -0.05) is 18.2 Å². The van der Waals surface area contributed by atoms with Crippen LogP contribution in [0.1, 0.15) is 9.67 Å². The summed E-state index contributed by atoms with van der Waals surface area (Å²) in [5.74, 6) is 0. The molecule has 1 heterocycles. The molecular weight excluding hydrogens is 283 g/mol. The number of benzene rings is 1. The van der Waals surface area contributed by atoms with Crippen molar-refractivity contribution in [2.45, 2.75) is 0 Å². The van der Waals surface area contributed by atoms with Crippen LogP contribution in [0.3, 0.4) is 0 Å². The minimum atomic E-state index is 0.119. The van der Waals surface area contributed by atoms with Crippen LogP contribution in [0, 0.1) is 0 Å². The van der Waals surface area contributed by atoms with Gasteiger partial charge in [0.15, 0.2) is 0 Å². The molecule has 0 aliphatic carbocycles. The summed E-state index contributed by atoms with van der Waals surface area (Å²) < 4.78 is 1.30. The maximum atomic E-state index is 11.0. The first kappa shape index (κ1) is 8.19. The largest absolute Gasteiger partial charge is 0.281 e. The fraction of sp³-hybridized carbons (Fsp3) is 0. The summed E-state index contributed by atoms with van der Waals surface area (Å²) in [5, 5.41) is 1.16. The normalized spacial score (nSPS) is 10.4. The van der Waals surface area contributed by atoms with Gasteiger partial charge in [-0.25, -0.2) is 0 Å². The Morgan fingerprint density at radius 3 is 2.75 bits per heavy atom. The van der Waals surface area contributed by atoms with E-state index in [1.807, 2.05) is 52.9 Å². The summed E-state index contributed by atoms with van der Waals surface area (Å²) in [6, 6.07) is 9.96. The monoisotopic (exact) mass is 288 g/mol. The predicted octanol–water partition coefficient (Wildman–Crippen LogP) is 3.48. The molecule has 1 aromatic carbocycles. The first-order valence-corrected chi connectivity index (χ1v) is 5.35. The smallest absolute Gasteiger partial charge is 0.232 e. The van der Waals surface area contributed by atoms with Gasteiger partial charge in [-0.15, -0.1) is 11.3 Å². The van der Waals surface area contributed by atoms with Crippen LogP contribution < -0.4 is 0 Å². The molecular formula is C9H5IOS. The molecule has 0 unspecified atom stereocenters. The number of rotatable bonds is 1. The Kier molecular flexibility index (Phi) is 2.14. The Labute approximate surface area is 87.5 Å². The Balaban J connectivity index is 2.70. The highest BCUT2D eigenvalue weighted by atomic mass is 127. The Bertz CT molecular complexity index is 400. The van der Waals surface area contributed by atoms with E-state index in [4.69, 9.17) is 0 Å². The van der Waals surface area contributed by atoms with Crippen LogP contribution in [-0.2, 0) is 0 Å². The zero-order valence-corrected chi connectivity index (χ0v) is 9.06. The average Bonchev–Trinajstić information content (AvgIpc) is 2.46. The van der Waals surface area contributed by atoms with E-state index in [2.05, 4.69) is 0 Å². The number of carbonyl (C=O) groups excluding carboxylic acids is 1. The van der Waals surface area contributed by atoms with E-state index in [1.165, 1.54) is 4.70 Å². The lowest BCUT2D eigenvalue weighted by molar-refractivity contribution is 0.110. The highest BCUT2D eigenvalue weighted by molar-refractivity contribution is 14.1. The fourth-order valence-corrected chi connectivity index (χ4v) is 2.46. The van der Waals surface area contributed by atoms with E-state index in [0.717, 1.165) is 10.3 Å². The molecule has 0 fully saturated rings. The molecule has 0 aliphatic heterocycles. The first-order valence-electron chi connectivity index (χ1n) is 3.46. The molecule has 12 heavy (non-hydrogen) atoms. The van der Waals surface area contributed by atoms with Crippen molar-refractivity contribution in [3.8, 4) is 0 Å². The summed E-state index contributed by atoms with van der Waals surface area (Å²) in [6.45, 7) is 0. The van der Waals surface area contributed by atoms with Crippen LogP contribution in [0.4, 0.5) is 0 Å². The van der Waals surface area contributed by atoms with Gasteiger partial charge in [-0.3, -0.25) is 4.79 Å². The zero-order valence-electron chi connectivity index (χ0n) is 6.08. The van der Waals surface area contributed by atoms with Crippen molar-refractivity contribution in [3.05, 3.63) is 35.2 Å². The van der Waals surface area contributed by atoms with E-state index in [-0.39, 0.29) is 3.79 Å². The van der Waals surface area contributed by atoms with Crippen LogP contribution >= 0.6 is 33.9 Å². The van der Waals surface area contributed by atoms with Gasteiger partial charge >= 0.3 is 0 Å². The van der Waals surface area contributed by atoms with E-state index < -0.39 is 0 Å². The van der Waals surface area contributed by atoms with Crippen molar-refractivity contribution >= 4 is 47.8 Å². The zero-order chi connectivity index (χ0) is 8.55. The molecule has 0 saturated carbocycles. The topological polar surface area (TPSA) is 17.1 Å². The molecule has 0 N–H and O–H groups in total. The summed E-state index contributed by atoms with van der Waals surface area (Å²) in [5.41, 5.74) is 0. The van der Waals surface area contributed by atoms with Crippen LogP contribution in [0.25, 0.3) is 10.1 Å². The third-order valence-electron chi connectivity index (χ3n) is 1.62. The lowest BCUT2D eigenvalue weighted by Gasteiger charge is -1.82. The second kappa shape index (κ2) is 3.14. The Hall–Kier alpha value is -0.420. The third kappa shape index (κ3) is 1.38. The van der Waals surface area contributed by atoms with Crippen molar-refractivity contribution in [1.29, 1.82) is 0 Å². The molecule has 0 bridgehead atoms. The summed E-state index contributed by atoms with van der Waals surface area (Å²) >= 11 is 3.36. The lowest BCUT2D eigenvalue weighted by Crippen LogP contribution is -1.77. The standard InChI is InChI=1S/C9H5IOS/c10-9(11)8-5-6-3-1-2-4-7(6)12-8/h1-5H. The number of halogens is 1. The first-order chi connectivity index (χ1) is 5.77. The molecule has 2 rings (SSSR count). The molecule has 0 aliphatic rings. The molecule has 0 atom stereocenters. The van der Waals surface area contributed by atoms with Crippen LogP contribution in [0.15, 0.2) is 30.3 Å². The van der Waals surface area contributed by atoms with Gasteiger partial charge in [0.05, 0.1) is 4.88 Å². The quantitative estimate of drug-likeness (QED) is 0.580. The highest BCUT2D eigenvalue weighted by Gasteiger charge is 2.05. The van der Waals surface area contributed by atoms with E-state index >= 15 is 0 Å². The Morgan fingerprint density at radius 1 is 1.33 bits per heavy atom. The van der Waals surface area contributed by atoms with Gasteiger partial charge in [0.2, 0.25) is 3.79 Å². The molecule has 3 heteroatoms. The minimum absolute atomic E-state index is 0.119. The number of hydrogen-bond acceptors (Lipinski definition) is 2. The third-order valence-corrected chi connectivity index (χ3v) is 3.68. The summed E-state index contributed by atoms with van der Waals surface area (Å²) in [4.78, 5) is 11.8. The van der Waals surface area contributed by atoms with Crippen molar-refractivity contribution < 1.29 is 4.79 Å². The van der Waals surface area contributed by atoms with Gasteiger partial charge in [0, 0.05) is 27.3 Å². The number of carbonyl (C=O) groups is 1. The van der Waals surface area contributed by atoms with Crippen LogP contribution in [-0.4, -0.2) is 3.79 Å². The Morgan fingerprint density at radius 2 is 2.08 bits per heavy atom. The van der Waals surface area contributed by atoms with Crippen molar-refractivity contribution in [3.63, 3.8) is 0 Å². The number of thiophene rings is 1. The van der Waals surface area contributed by atoms with E-state index in [9.17, 15) is 4.79 Å². The van der Waals surface area contributed by atoms with Crippen LogP contribution in [0.5, 0.6) is 0 Å². The molecule has 0 spiro atoms. The summed E-state index contributed by atoms with van der Waals surface area (Å²) in [6.07, 6.45) is 0. The molecule has 0 radical (unpaired) electrons. The SMILES string of the molecule is O=C(I)c1cc2ccccc2s1. The second-order valence-electron chi connectivity index (χ2n) is 2.42. The number of fused-ring (bicyclic) bond motifs is 1. The van der Waals surface area contributed by atoms with Gasteiger partial charge in [-0.05, 0) is 17.5 Å². The van der Waals surface area contributed by atoms with E-state index in [1.54, 1.807) is 11.3 Å². The maximum Gasteiger partial charge on any atom is 0.232 e. The lowest BCUT2D eigenvalue weighted by atomic mass is 10.2. The van der Waals surface area contributed by atoms with Gasteiger partial charge in [-0.2, -0.15) is 0 Å². The summed E-state index contributed by atoms with van der Waals surface area (Å²) in [7, 11) is 0. The van der Waals surface area contributed by atoms with Gasteiger partial charge in [0.1, 0.15) is 0 Å². The molecule has 1 nitrogen and oxygen atoms in total. The molecule has 60 valence electrons. The minimum Gasteiger partial charge on any atom is -0.281 e. The van der Waals surface area contributed by atoms with E-state index in [0.29, 0.717) is 0 Å². The molecule has 2 aromatic rings. The van der Waals surface area contributed by atoms with Gasteiger partial charge < -0.3 is 0 Å². The van der Waals surface area contributed by atoms with Gasteiger partial charge in [0.25, 0.3) is 0 Å². The van der Waals surface area contributed by atoms with Crippen LogP contribution in [0.2, 0.25) is 0 Å². The average molecular weight is 288 g/mol. The molecule has 0 amide bonds. The highest BCUT2D eigenvalue weighted by Crippen LogP contribution is 2.26. The fourth-order valence-electron chi connectivity index (χ4n) is 1.08. The predicted molar refractivity (Wildman–Crippen MR) is 60.2 cm³/mol. The van der Waals surface area contributed by atoms with Crippen molar-refractivity contribution in [2.24, 2.45) is 0 Å². The van der Waals surface area contributed by atoms with Crippen molar-refractivity contribution in [2.75, 3.05) is 0 Å². The second-order valence-corrected chi connectivity index (χ2v) is 4.49. The molecule has 0 saturated heterocycles. The maximum absolute atomic E-state index is 11.0. The van der Waals surface area contributed by atoms with Crippen molar-refractivity contribution in [1.82, 2.24) is 0 Å². The number of hydrogen-bond donors (Lipinski definition) is 0. The molecule has 1 aromatic heterocycles.